The van der Waals surface area contributed by atoms with Crippen molar-refractivity contribution in [1.82, 2.24) is 0 Å². The van der Waals surface area contributed by atoms with Crippen molar-refractivity contribution < 1.29 is 14.3 Å². The van der Waals surface area contributed by atoms with Crippen LogP contribution in [0.5, 0.6) is 0 Å². The van der Waals surface area contributed by atoms with Crippen LogP contribution in [0.3, 0.4) is 0 Å². The van der Waals surface area contributed by atoms with E-state index >= 15 is 0 Å². The van der Waals surface area contributed by atoms with Gasteiger partial charge in [-0.2, -0.15) is 0 Å². The third-order valence-electron chi connectivity index (χ3n) is 3.13. The quantitative estimate of drug-likeness (QED) is 0.629. The molecule has 0 radical (unpaired) electrons. The fraction of sp³-hybridized carbons (Fsp3) is 0.333. The van der Waals surface area contributed by atoms with E-state index in [9.17, 15) is 9.59 Å². The molecule has 1 aliphatic carbocycles. The second-order valence-electron chi connectivity index (χ2n) is 4.38. The number of ketones is 1. The Bertz CT molecular complexity index is 534. The van der Waals surface area contributed by atoms with Crippen LogP contribution in [-0.2, 0) is 9.53 Å². The van der Waals surface area contributed by atoms with Gasteiger partial charge in [0.1, 0.15) is 0 Å². The number of ether oxygens (including phenoxy) is 1. The Kier molecular flexibility index (Phi) is 4.53. The summed E-state index contributed by atoms with van der Waals surface area (Å²) in [6.07, 6.45) is 3.25. The third kappa shape index (κ3) is 3.13. The van der Waals surface area contributed by atoms with Gasteiger partial charge in [0.2, 0.25) is 0 Å². The van der Waals surface area contributed by atoms with Crippen LogP contribution in [0.25, 0.3) is 0 Å². The van der Waals surface area contributed by atoms with Crippen LogP contribution >= 0.6 is 15.9 Å². The summed E-state index contributed by atoms with van der Waals surface area (Å²) < 4.78 is 5.86. The summed E-state index contributed by atoms with van der Waals surface area (Å²) in [6, 6.07) is 7.24. The number of hydrogen-bond acceptors (Lipinski definition) is 3. The number of carbonyl (C=O) groups is 2. The lowest BCUT2D eigenvalue weighted by atomic mass is 9.92. The van der Waals surface area contributed by atoms with Gasteiger partial charge in [-0.05, 0) is 31.9 Å². The van der Waals surface area contributed by atoms with Crippen molar-refractivity contribution in [3.8, 4) is 0 Å². The molecular weight excluding hydrogens is 308 g/mol. The minimum absolute atomic E-state index is 0.0156. The lowest BCUT2D eigenvalue weighted by molar-refractivity contribution is -0.138. The molecule has 3 nitrogen and oxygen atoms in total. The van der Waals surface area contributed by atoms with Crippen molar-refractivity contribution in [2.75, 3.05) is 6.61 Å². The minimum Gasteiger partial charge on any atom is -0.463 e. The first-order chi connectivity index (χ1) is 9.13. The van der Waals surface area contributed by atoms with Gasteiger partial charge >= 0.3 is 5.97 Å². The van der Waals surface area contributed by atoms with Crippen LogP contribution in [0.15, 0.2) is 40.4 Å². The Morgan fingerprint density at radius 1 is 1.42 bits per heavy atom. The first-order valence-corrected chi connectivity index (χ1v) is 7.09. The second-order valence-corrected chi connectivity index (χ2v) is 5.30. The number of Topliss-reactive ketones (excluding diaryl/α,β-unsaturated/α-hetero) is 1. The van der Waals surface area contributed by atoms with Crippen molar-refractivity contribution in [2.24, 2.45) is 5.92 Å². The number of carbonyl (C=O) groups excluding carboxylic acids is 2. The summed E-state index contributed by atoms with van der Waals surface area (Å²) in [4.78, 5) is 24.3. The van der Waals surface area contributed by atoms with E-state index in [1.165, 1.54) is 0 Å². The highest BCUT2D eigenvalue weighted by atomic mass is 79.9. The standard InChI is InChI=1S/C15H15BrO3/c1-2-19-15(18)13-8-4-7-12(13)14(17)10-5-3-6-11(16)9-10/h3,5-6,8-9,12H,2,4,7H2,1H3. The van der Waals surface area contributed by atoms with E-state index in [1.807, 2.05) is 18.2 Å². The van der Waals surface area contributed by atoms with Gasteiger partial charge in [0.05, 0.1) is 12.5 Å². The fourth-order valence-corrected chi connectivity index (χ4v) is 2.66. The molecule has 0 bridgehead atoms. The van der Waals surface area contributed by atoms with E-state index in [0.29, 0.717) is 24.2 Å². The molecule has 1 aromatic rings. The Morgan fingerprint density at radius 2 is 2.21 bits per heavy atom. The number of halogens is 1. The summed E-state index contributed by atoms with van der Waals surface area (Å²) in [6.45, 7) is 2.09. The van der Waals surface area contributed by atoms with Crippen LogP contribution < -0.4 is 0 Å². The number of esters is 1. The molecule has 1 aliphatic rings. The smallest absolute Gasteiger partial charge is 0.334 e. The number of benzene rings is 1. The molecule has 0 spiro atoms. The van der Waals surface area contributed by atoms with Crippen molar-refractivity contribution >= 4 is 27.7 Å². The molecule has 0 N–H and O–H groups in total. The molecule has 0 saturated heterocycles. The Hall–Kier alpha value is -1.42. The molecule has 0 fully saturated rings. The number of allylic oxidation sites excluding steroid dienone is 1. The topological polar surface area (TPSA) is 43.4 Å². The predicted molar refractivity (Wildman–Crippen MR) is 75.9 cm³/mol. The zero-order chi connectivity index (χ0) is 13.8. The largest absolute Gasteiger partial charge is 0.463 e. The van der Waals surface area contributed by atoms with Crippen LogP contribution in [0, 0.1) is 5.92 Å². The average Bonchev–Trinajstić information content (AvgIpc) is 2.87. The van der Waals surface area contributed by atoms with Gasteiger partial charge in [-0.3, -0.25) is 4.79 Å². The summed E-state index contributed by atoms with van der Waals surface area (Å²) in [5, 5.41) is 0. The highest BCUT2D eigenvalue weighted by molar-refractivity contribution is 9.10. The Balaban J connectivity index is 2.20. The van der Waals surface area contributed by atoms with Gasteiger partial charge in [0.25, 0.3) is 0 Å². The van der Waals surface area contributed by atoms with Crippen molar-refractivity contribution in [3.05, 3.63) is 46.0 Å². The molecule has 1 aromatic carbocycles. The summed E-state index contributed by atoms with van der Waals surface area (Å²) >= 11 is 3.35. The van der Waals surface area contributed by atoms with Crippen LogP contribution in [0.1, 0.15) is 30.1 Å². The summed E-state index contributed by atoms with van der Waals surface area (Å²) in [5.41, 5.74) is 1.13. The lowest BCUT2D eigenvalue weighted by Gasteiger charge is -2.13. The molecule has 1 atom stereocenters. The molecule has 0 amide bonds. The maximum absolute atomic E-state index is 12.4. The fourth-order valence-electron chi connectivity index (χ4n) is 2.26. The molecule has 0 aromatic heterocycles. The molecule has 2 rings (SSSR count). The van der Waals surface area contributed by atoms with E-state index in [1.54, 1.807) is 19.1 Å². The zero-order valence-electron chi connectivity index (χ0n) is 10.7. The van der Waals surface area contributed by atoms with E-state index in [2.05, 4.69) is 15.9 Å². The maximum atomic E-state index is 12.4. The highest BCUT2D eigenvalue weighted by Gasteiger charge is 2.32. The Morgan fingerprint density at radius 3 is 2.89 bits per heavy atom. The van der Waals surface area contributed by atoms with Gasteiger partial charge in [-0.1, -0.05) is 34.1 Å². The van der Waals surface area contributed by atoms with E-state index in [-0.39, 0.29) is 17.7 Å². The first-order valence-electron chi connectivity index (χ1n) is 6.30. The molecule has 0 aliphatic heterocycles. The van der Waals surface area contributed by atoms with Gasteiger partial charge in [0, 0.05) is 15.6 Å². The van der Waals surface area contributed by atoms with Gasteiger partial charge in [-0.15, -0.1) is 0 Å². The van der Waals surface area contributed by atoms with Crippen LogP contribution in [-0.4, -0.2) is 18.4 Å². The first kappa shape index (κ1) is 14.0. The van der Waals surface area contributed by atoms with Crippen LogP contribution in [0.4, 0.5) is 0 Å². The second kappa shape index (κ2) is 6.15. The van der Waals surface area contributed by atoms with Gasteiger partial charge in [-0.25, -0.2) is 4.79 Å². The van der Waals surface area contributed by atoms with Crippen LogP contribution in [0.2, 0.25) is 0 Å². The molecule has 0 heterocycles. The molecule has 1 unspecified atom stereocenters. The zero-order valence-corrected chi connectivity index (χ0v) is 12.3. The van der Waals surface area contributed by atoms with E-state index < -0.39 is 0 Å². The summed E-state index contributed by atoms with van der Waals surface area (Å²) in [7, 11) is 0. The van der Waals surface area contributed by atoms with E-state index in [4.69, 9.17) is 4.74 Å². The van der Waals surface area contributed by atoms with Crippen molar-refractivity contribution in [2.45, 2.75) is 19.8 Å². The van der Waals surface area contributed by atoms with Crippen molar-refractivity contribution in [1.29, 1.82) is 0 Å². The van der Waals surface area contributed by atoms with Gasteiger partial charge < -0.3 is 4.74 Å². The summed E-state index contributed by atoms with van der Waals surface area (Å²) in [5.74, 6) is -0.750. The molecule has 19 heavy (non-hydrogen) atoms. The van der Waals surface area contributed by atoms with Gasteiger partial charge in [0.15, 0.2) is 5.78 Å². The van der Waals surface area contributed by atoms with E-state index in [0.717, 1.165) is 10.9 Å². The predicted octanol–water partition coefficient (Wildman–Crippen LogP) is 3.53. The molecule has 0 saturated carbocycles. The lowest BCUT2D eigenvalue weighted by Crippen LogP contribution is -2.20. The number of hydrogen-bond donors (Lipinski definition) is 0. The maximum Gasteiger partial charge on any atom is 0.334 e. The molecular formula is C15H15BrO3. The normalized spacial score (nSPS) is 18.0. The number of rotatable bonds is 4. The Labute approximate surface area is 120 Å². The molecule has 4 heteroatoms. The SMILES string of the molecule is CCOC(=O)C1=CCCC1C(=O)c1cccc(Br)c1. The average molecular weight is 323 g/mol. The molecule has 100 valence electrons. The highest BCUT2D eigenvalue weighted by Crippen LogP contribution is 2.30. The monoisotopic (exact) mass is 322 g/mol. The third-order valence-corrected chi connectivity index (χ3v) is 3.63. The van der Waals surface area contributed by atoms with Crippen molar-refractivity contribution in [3.63, 3.8) is 0 Å². The minimum atomic E-state index is -0.367.